The number of para-hydroxylation sites is 1. The van der Waals surface area contributed by atoms with Gasteiger partial charge in [0.05, 0.1) is 11.0 Å². The molecule has 0 radical (unpaired) electrons. The van der Waals surface area contributed by atoms with Gasteiger partial charge in [0, 0.05) is 11.1 Å². The van der Waals surface area contributed by atoms with E-state index in [0.29, 0.717) is 0 Å². The summed E-state index contributed by atoms with van der Waals surface area (Å²) in [5, 5.41) is 2.32. The van der Waals surface area contributed by atoms with Crippen molar-refractivity contribution in [3.05, 3.63) is 113 Å². The smallest absolute Gasteiger partial charge is 0.0716 e. The summed E-state index contributed by atoms with van der Waals surface area (Å²) in [5.74, 6) is 0. The Morgan fingerprint density at radius 2 is 1.04 bits per heavy atom. The molecule has 0 N–H and O–H groups in total. The molecular formula is C25H15N. The van der Waals surface area contributed by atoms with Gasteiger partial charge in [-0.3, -0.25) is 0 Å². The molecule has 26 heavy (non-hydrogen) atoms. The summed E-state index contributed by atoms with van der Waals surface area (Å²) in [6, 6.07) is 32.5. The molecule has 0 fully saturated rings. The average Bonchev–Trinajstić information content (AvgIpc) is 3.23. The lowest BCUT2D eigenvalue weighted by Crippen LogP contribution is -2.12. The molecule has 1 heterocycles. The number of benzene rings is 4. The molecule has 1 heteroatoms. The minimum atomic E-state index is 1.06. The van der Waals surface area contributed by atoms with Gasteiger partial charge >= 0.3 is 0 Å². The van der Waals surface area contributed by atoms with Gasteiger partial charge in [0.25, 0.3) is 0 Å². The van der Waals surface area contributed by atoms with E-state index in [1.165, 1.54) is 44.2 Å². The van der Waals surface area contributed by atoms with Crippen molar-refractivity contribution in [2.24, 2.45) is 4.99 Å². The normalized spacial score (nSPS) is 12.8. The first kappa shape index (κ1) is 13.8. The molecular weight excluding hydrogens is 314 g/mol. The monoisotopic (exact) mass is 329 g/mol. The van der Waals surface area contributed by atoms with Crippen molar-refractivity contribution >= 4 is 11.3 Å². The van der Waals surface area contributed by atoms with E-state index < -0.39 is 0 Å². The van der Waals surface area contributed by atoms with E-state index in [-0.39, 0.29) is 0 Å². The standard InChI is InChI=1S/C25H15N/c1-3-10-20-17(7-1)18-8-2-4-11-21(18)25(20)16-13-14-24-22(15-16)19-9-5-6-12-23(19)26-24/h1-15H. The number of rotatable bonds is 0. The largest absolute Gasteiger partial charge is 0.248 e. The van der Waals surface area contributed by atoms with Crippen molar-refractivity contribution in [1.29, 1.82) is 0 Å². The zero-order valence-corrected chi connectivity index (χ0v) is 14.1. The Morgan fingerprint density at radius 1 is 0.462 bits per heavy atom. The third-order valence-electron chi connectivity index (χ3n) is 5.40. The van der Waals surface area contributed by atoms with Crippen molar-refractivity contribution in [2.45, 2.75) is 0 Å². The van der Waals surface area contributed by atoms with Crippen LogP contribution in [0.1, 0.15) is 11.1 Å². The van der Waals surface area contributed by atoms with Gasteiger partial charge in [-0.2, -0.15) is 0 Å². The van der Waals surface area contributed by atoms with E-state index >= 15 is 0 Å². The molecule has 4 aromatic rings. The van der Waals surface area contributed by atoms with Crippen LogP contribution >= 0.6 is 0 Å². The Morgan fingerprint density at radius 3 is 1.73 bits per heavy atom. The Hall–Kier alpha value is -3.45. The highest BCUT2D eigenvalue weighted by Gasteiger charge is 2.23. The zero-order valence-electron chi connectivity index (χ0n) is 14.1. The highest BCUT2D eigenvalue weighted by molar-refractivity contribution is 6.01. The van der Waals surface area contributed by atoms with E-state index in [1.54, 1.807) is 0 Å². The molecule has 6 rings (SSSR count). The van der Waals surface area contributed by atoms with Crippen LogP contribution in [0.3, 0.4) is 0 Å². The Balaban J connectivity index is 1.73. The van der Waals surface area contributed by atoms with Crippen LogP contribution in [0.4, 0.5) is 5.69 Å². The Labute approximate surface area is 151 Å². The minimum absolute atomic E-state index is 1.06. The lowest BCUT2D eigenvalue weighted by molar-refractivity contribution is 1.40. The Bertz CT molecular complexity index is 1280. The number of fused-ring (bicyclic) bond motifs is 6. The second-order valence-corrected chi connectivity index (χ2v) is 6.83. The van der Waals surface area contributed by atoms with Crippen molar-refractivity contribution in [1.82, 2.24) is 0 Å². The molecule has 0 spiro atoms. The summed E-state index contributed by atoms with van der Waals surface area (Å²) in [7, 11) is 0. The predicted molar refractivity (Wildman–Crippen MR) is 106 cm³/mol. The third-order valence-corrected chi connectivity index (χ3v) is 5.40. The van der Waals surface area contributed by atoms with Gasteiger partial charge in [0.15, 0.2) is 0 Å². The van der Waals surface area contributed by atoms with E-state index in [9.17, 15) is 0 Å². The number of hydrogen-bond acceptors (Lipinski definition) is 1. The number of hydrogen-bond donors (Lipinski definition) is 0. The number of nitrogens with zero attached hydrogens (tertiary/aromatic N) is 1. The Kier molecular flexibility index (Phi) is 2.67. The quantitative estimate of drug-likeness (QED) is 0.378. The predicted octanol–water partition coefficient (Wildman–Crippen LogP) is 4.85. The van der Waals surface area contributed by atoms with E-state index in [2.05, 4.69) is 84.9 Å². The van der Waals surface area contributed by atoms with Gasteiger partial charge in [-0.25, -0.2) is 4.99 Å². The van der Waals surface area contributed by atoms with Crippen LogP contribution in [0.25, 0.3) is 27.8 Å². The first-order valence-electron chi connectivity index (χ1n) is 8.92. The fourth-order valence-corrected chi connectivity index (χ4v) is 4.26. The van der Waals surface area contributed by atoms with Crippen LogP contribution in [0.5, 0.6) is 0 Å². The summed E-state index contributed by atoms with van der Waals surface area (Å²) in [6.45, 7) is 0. The van der Waals surface area contributed by atoms with E-state index in [4.69, 9.17) is 4.99 Å². The molecule has 0 aromatic heterocycles. The topological polar surface area (TPSA) is 12.4 Å². The molecule has 1 nitrogen and oxygen atoms in total. The van der Waals surface area contributed by atoms with Gasteiger partial charge in [-0.1, -0.05) is 72.8 Å². The van der Waals surface area contributed by atoms with Crippen LogP contribution < -0.4 is 10.6 Å². The maximum absolute atomic E-state index is 4.76. The summed E-state index contributed by atoms with van der Waals surface area (Å²) < 4.78 is 0. The molecule has 120 valence electrons. The molecule has 0 saturated carbocycles. The van der Waals surface area contributed by atoms with E-state index in [1.807, 2.05) is 6.07 Å². The molecule has 0 saturated heterocycles. The molecule has 1 aliphatic heterocycles. The molecule has 2 aliphatic rings. The molecule has 4 aromatic carbocycles. The van der Waals surface area contributed by atoms with Gasteiger partial charge in [-0.05, 0) is 51.2 Å². The molecule has 0 unspecified atom stereocenters. The van der Waals surface area contributed by atoms with Gasteiger partial charge in [0.2, 0.25) is 0 Å². The van der Waals surface area contributed by atoms with Crippen molar-refractivity contribution in [3.8, 4) is 22.3 Å². The van der Waals surface area contributed by atoms with Gasteiger partial charge < -0.3 is 0 Å². The first-order valence-corrected chi connectivity index (χ1v) is 8.92. The van der Waals surface area contributed by atoms with Crippen LogP contribution in [-0.4, -0.2) is 0 Å². The lowest BCUT2D eigenvalue weighted by atomic mass is 9.98. The van der Waals surface area contributed by atoms with Crippen LogP contribution in [0.15, 0.2) is 96.0 Å². The molecule has 0 atom stereocenters. The van der Waals surface area contributed by atoms with Crippen molar-refractivity contribution < 1.29 is 0 Å². The van der Waals surface area contributed by atoms with Crippen LogP contribution in [-0.2, 0) is 0 Å². The molecule has 1 aliphatic carbocycles. The molecule has 0 bridgehead atoms. The van der Waals surface area contributed by atoms with Crippen molar-refractivity contribution in [2.75, 3.05) is 0 Å². The fraction of sp³-hybridized carbons (Fsp3) is 0. The summed E-state index contributed by atoms with van der Waals surface area (Å²) in [6.07, 6.45) is 0. The van der Waals surface area contributed by atoms with Gasteiger partial charge in [-0.15, -0.1) is 0 Å². The highest BCUT2D eigenvalue weighted by Crippen LogP contribution is 2.42. The van der Waals surface area contributed by atoms with E-state index in [0.717, 1.165) is 11.0 Å². The van der Waals surface area contributed by atoms with Crippen molar-refractivity contribution in [3.63, 3.8) is 0 Å². The summed E-state index contributed by atoms with van der Waals surface area (Å²) in [4.78, 5) is 4.76. The first-order chi connectivity index (χ1) is 12.9. The summed E-state index contributed by atoms with van der Waals surface area (Å²) in [5.41, 5.74) is 10.1. The highest BCUT2D eigenvalue weighted by atomic mass is 14.8. The SMILES string of the molecule is c1ccc2c(c1)N=c1ccc(=C3c4ccccc4-c4ccccc43)cc1-2. The lowest BCUT2D eigenvalue weighted by Gasteiger charge is -2.04. The minimum Gasteiger partial charge on any atom is -0.248 e. The second kappa shape index (κ2) is 5.03. The third kappa shape index (κ3) is 1.77. The fourth-order valence-electron chi connectivity index (χ4n) is 4.26. The average molecular weight is 329 g/mol. The molecule has 0 amide bonds. The summed E-state index contributed by atoms with van der Waals surface area (Å²) >= 11 is 0. The second-order valence-electron chi connectivity index (χ2n) is 6.83. The maximum atomic E-state index is 4.76. The zero-order chi connectivity index (χ0) is 17.1. The van der Waals surface area contributed by atoms with Crippen LogP contribution in [0, 0.1) is 0 Å². The maximum Gasteiger partial charge on any atom is 0.0716 e. The van der Waals surface area contributed by atoms with Gasteiger partial charge in [0.1, 0.15) is 0 Å². The van der Waals surface area contributed by atoms with Crippen LogP contribution in [0.2, 0.25) is 0 Å².